The van der Waals surface area contributed by atoms with Gasteiger partial charge in [0.25, 0.3) is 0 Å². The van der Waals surface area contributed by atoms with Crippen molar-refractivity contribution in [2.24, 2.45) is 0 Å². The normalized spacial score (nSPS) is 17.2. The Kier molecular flexibility index (Phi) is 8.11. The second-order valence-electron chi connectivity index (χ2n) is 7.27. The van der Waals surface area contributed by atoms with Crippen LogP contribution in [-0.2, 0) is 29.3 Å². The van der Waals surface area contributed by atoms with Crippen molar-refractivity contribution in [1.82, 2.24) is 0 Å². The molecule has 3 nitrogen and oxygen atoms in total. The maximum absolute atomic E-state index is 5.62. The van der Waals surface area contributed by atoms with Crippen molar-refractivity contribution in [2.75, 3.05) is 21.3 Å². The van der Waals surface area contributed by atoms with Crippen LogP contribution in [0.25, 0.3) is 0 Å². The zero-order valence-electron chi connectivity index (χ0n) is 16.7. The zero-order chi connectivity index (χ0) is 18.6. The molecule has 0 unspecified atom stereocenters. The van der Waals surface area contributed by atoms with E-state index in [9.17, 15) is 0 Å². The van der Waals surface area contributed by atoms with Crippen LogP contribution in [0.1, 0.15) is 12.8 Å². The second kappa shape index (κ2) is 8.74. The molecule has 0 aromatic rings. The Bertz CT molecular complexity index is 507. The van der Waals surface area contributed by atoms with Gasteiger partial charge in [0.1, 0.15) is 0 Å². The predicted molar refractivity (Wildman–Crippen MR) is 106 cm³/mol. The summed E-state index contributed by atoms with van der Waals surface area (Å²) in [5.74, 6) is 0. The molecule has 0 radical (unpaired) electrons. The molecule has 1 rings (SSSR count). The van der Waals surface area contributed by atoms with E-state index in [2.05, 4.69) is 47.8 Å². The average Bonchev–Trinajstić information content (AvgIpc) is 2.94. The fourth-order valence-electron chi connectivity index (χ4n) is 3.32. The Labute approximate surface area is 154 Å². The molecule has 0 spiro atoms. The van der Waals surface area contributed by atoms with Crippen LogP contribution in [0.2, 0.25) is 41.1 Å². The minimum atomic E-state index is -2.51. The summed E-state index contributed by atoms with van der Waals surface area (Å²) in [6.45, 7) is 8.99. The van der Waals surface area contributed by atoms with E-state index in [4.69, 9.17) is 13.3 Å². The Morgan fingerprint density at radius 1 is 1.12 bits per heavy atom. The maximum atomic E-state index is 5.62. The number of hydrogen-bond donors (Lipinski definition) is 0. The molecule has 0 bridgehead atoms. The Morgan fingerprint density at radius 2 is 1.67 bits per heavy atom. The molecule has 0 heterocycles. The fraction of sp³-hybridized carbons (Fsp3) is 0.667. The van der Waals surface area contributed by atoms with Gasteiger partial charge in [-0.05, 0) is 0 Å². The van der Waals surface area contributed by atoms with Gasteiger partial charge in [0.05, 0.1) is 0 Å². The third-order valence-corrected chi connectivity index (χ3v) is 16.3. The van der Waals surface area contributed by atoms with Crippen LogP contribution in [0.15, 0.2) is 33.5 Å². The zero-order valence-corrected chi connectivity index (χ0v) is 21.0. The monoisotopic (exact) mass is 551 g/mol. The first-order chi connectivity index (χ1) is 11.1. The van der Waals surface area contributed by atoms with Crippen molar-refractivity contribution < 1.29 is 29.3 Å². The average molecular weight is 552 g/mol. The topological polar surface area (TPSA) is 27.7 Å². The molecule has 144 valence electrons. The van der Waals surface area contributed by atoms with Crippen molar-refractivity contribution in [3.8, 4) is 0 Å². The Balaban J connectivity index is 3.15. The summed E-state index contributed by atoms with van der Waals surface area (Å²) in [7, 11) is 1.08. The molecule has 24 heavy (non-hydrogen) atoms. The second-order valence-corrected chi connectivity index (χ2v) is 26.6. The summed E-state index contributed by atoms with van der Waals surface area (Å²) in [5.41, 5.74) is 1.53. The first-order valence-corrected chi connectivity index (χ1v) is 21.2. The van der Waals surface area contributed by atoms with E-state index in [1.807, 2.05) is 0 Å². The van der Waals surface area contributed by atoms with Gasteiger partial charge in [-0.15, -0.1) is 0 Å². The van der Waals surface area contributed by atoms with Crippen LogP contribution in [0, 0.1) is 0 Å². The van der Waals surface area contributed by atoms with Gasteiger partial charge in [0.2, 0.25) is 0 Å². The molecule has 0 saturated heterocycles. The van der Waals surface area contributed by atoms with Crippen LogP contribution in [0.5, 0.6) is 0 Å². The van der Waals surface area contributed by atoms with Gasteiger partial charge < -0.3 is 0 Å². The van der Waals surface area contributed by atoms with Gasteiger partial charge in [-0.2, -0.15) is 0 Å². The first-order valence-electron chi connectivity index (χ1n) is 8.12. The van der Waals surface area contributed by atoms with Gasteiger partial charge >= 0.3 is 155 Å². The molecule has 6 heteroatoms. The molecule has 0 atom stereocenters. The van der Waals surface area contributed by atoms with Crippen molar-refractivity contribution in [3.63, 3.8) is 0 Å². The van der Waals surface area contributed by atoms with E-state index in [1.165, 1.54) is 5.57 Å². The van der Waals surface area contributed by atoms with Gasteiger partial charge in [-0.1, -0.05) is 0 Å². The number of allylic oxidation sites excluding steroid dienone is 5. The van der Waals surface area contributed by atoms with Crippen LogP contribution in [0.4, 0.5) is 0 Å². The van der Waals surface area contributed by atoms with Crippen LogP contribution in [0.3, 0.4) is 0 Å². The number of rotatable bonds is 10. The van der Waals surface area contributed by atoms with E-state index in [-0.39, 0.29) is 0 Å². The van der Waals surface area contributed by atoms with Crippen molar-refractivity contribution in [2.45, 2.75) is 54.0 Å². The molecule has 0 amide bonds. The van der Waals surface area contributed by atoms with Crippen LogP contribution in [-0.4, -0.2) is 38.2 Å². The molecule has 1 aliphatic rings. The third-order valence-electron chi connectivity index (χ3n) is 4.63. The van der Waals surface area contributed by atoms with Gasteiger partial charge in [-0.3, -0.25) is 0 Å². The van der Waals surface area contributed by atoms with E-state index in [0.29, 0.717) is 0 Å². The quantitative estimate of drug-likeness (QED) is 0.263. The van der Waals surface area contributed by atoms with E-state index in [0.717, 1.165) is 24.9 Å². The van der Waals surface area contributed by atoms with E-state index < -0.39 is 32.9 Å². The standard InChI is InChI=1S/C15H27O3Si2.3CH3.Pt/c1-7-12-19(5,6)15-10-8-9-14(15)11-13-20(16-2,17-3)18-4;;;;/h7,9H,1,8,11-13H2,2-6H3;3*1H3;. The van der Waals surface area contributed by atoms with Crippen LogP contribution < -0.4 is 0 Å². The van der Waals surface area contributed by atoms with E-state index in [1.54, 1.807) is 30.5 Å². The van der Waals surface area contributed by atoms with Gasteiger partial charge in [-0.25, -0.2) is 0 Å². The summed E-state index contributed by atoms with van der Waals surface area (Å²) in [4.78, 5) is 0. The summed E-state index contributed by atoms with van der Waals surface area (Å²) in [6, 6.07) is 1.98. The first kappa shape index (κ1) is 22.3. The van der Waals surface area contributed by atoms with E-state index >= 15 is 0 Å². The van der Waals surface area contributed by atoms with Crippen molar-refractivity contribution >= 4 is 16.9 Å². The van der Waals surface area contributed by atoms with Gasteiger partial charge in [0, 0.05) is 0 Å². The Hall–Kier alpha value is 0.222. The summed E-state index contributed by atoms with van der Waals surface area (Å²) in [6.07, 6.45) is 6.73. The summed E-state index contributed by atoms with van der Waals surface area (Å²) >= 11 is -1.78. The van der Waals surface area contributed by atoms with Gasteiger partial charge in [0.15, 0.2) is 0 Å². The molecule has 1 aliphatic carbocycles. The molecule has 0 aromatic heterocycles. The third kappa shape index (κ3) is 5.12. The molecule has 0 fully saturated rings. The minimum absolute atomic E-state index is 0.841. The van der Waals surface area contributed by atoms with Crippen LogP contribution >= 0.6 is 0 Å². The molecule has 0 saturated carbocycles. The molecule has 0 aliphatic heterocycles. The fourth-order valence-corrected chi connectivity index (χ4v) is 15.8. The molecular weight excluding hydrogens is 515 g/mol. The predicted octanol–water partition coefficient (Wildman–Crippen LogP) is 5.57. The SMILES string of the molecule is C=CC[Si](C)(C)C1=[C]([Pt]([CH3])([CH3])[CH3])CC=C1CC[Si](OC)(OC)OC. The molecular formula is C18H36O3PtSi2. The van der Waals surface area contributed by atoms with Crippen molar-refractivity contribution in [1.29, 1.82) is 0 Å². The van der Waals surface area contributed by atoms with Crippen molar-refractivity contribution in [3.05, 3.63) is 33.5 Å². The molecule has 0 aromatic carbocycles. The Morgan fingerprint density at radius 3 is 2.08 bits per heavy atom. The molecule has 0 N–H and O–H groups in total. The number of hydrogen-bond acceptors (Lipinski definition) is 3. The summed E-state index contributed by atoms with van der Waals surface area (Å²) in [5, 5.41) is 9.25. The summed E-state index contributed by atoms with van der Waals surface area (Å²) < 4.78 is 18.6.